The van der Waals surface area contributed by atoms with Crippen molar-refractivity contribution in [1.82, 2.24) is 29.7 Å². The first-order valence-electron chi connectivity index (χ1n) is 14.8. The quantitative estimate of drug-likeness (QED) is 0.427. The average Bonchev–Trinajstić information content (AvgIpc) is 3.40. The number of anilines is 1. The number of piperazine rings is 1. The Kier molecular flexibility index (Phi) is 8.76. The molecule has 5 heterocycles. The number of carbonyl (C=O) groups is 1. The number of hydrogen-bond donors (Lipinski definition) is 1. The van der Waals surface area contributed by atoms with Crippen molar-refractivity contribution in [2.45, 2.75) is 33.6 Å². The molecule has 0 aliphatic carbocycles. The zero-order valence-corrected chi connectivity index (χ0v) is 24.8. The molecule has 10 heteroatoms. The molecule has 2 fully saturated rings. The molecule has 1 N–H and O–H groups in total. The number of nitrogens with one attached hydrogen (secondary N) is 1. The van der Waals surface area contributed by atoms with Crippen LogP contribution in [0.2, 0.25) is 0 Å². The maximum Gasteiger partial charge on any atom is 0.227 e. The van der Waals surface area contributed by atoms with Crippen LogP contribution in [0.5, 0.6) is 5.75 Å². The van der Waals surface area contributed by atoms with E-state index in [-0.39, 0.29) is 11.3 Å². The highest BCUT2D eigenvalue weighted by Crippen LogP contribution is 2.36. The van der Waals surface area contributed by atoms with Gasteiger partial charge in [-0.3, -0.25) is 9.69 Å². The van der Waals surface area contributed by atoms with Crippen molar-refractivity contribution < 1.29 is 9.53 Å². The van der Waals surface area contributed by atoms with Crippen LogP contribution in [-0.2, 0) is 4.79 Å². The monoisotopic (exact) mass is 558 g/mol. The molecule has 2 aliphatic heterocycles. The highest BCUT2D eigenvalue weighted by Gasteiger charge is 2.43. The van der Waals surface area contributed by atoms with Crippen molar-refractivity contribution in [3.8, 4) is 22.9 Å². The van der Waals surface area contributed by atoms with E-state index in [2.05, 4.69) is 52.1 Å². The second-order valence-corrected chi connectivity index (χ2v) is 11.8. The Bertz CT molecular complexity index is 1380. The number of piperidine rings is 1. The van der Waals surface area contributed by atoms with Gasteiger partial charge in [-0.2, -0.15) is 10.4 Å². The minimum absolute atomic E-state index is 0.195. The summed E-state index contributed by atoms with van der Waals surface area (Å²) in [7, 11) is 2.16. The standard InChI is InChI=1S/C31H42N8O2/c1-5-41-26-16-27(29-25(17-32)20-35-39(29)21-26)24-6-7-28(33-19-24)38-10-8-31(9-11-38,30(40)34-18-23(2)3)22-37-14-12-36(4)13-15-37/h6-7,16,19-21,23H,5,8-15,18,22H2,1-4H3,(H,34,40). The third kappa shape index (κ3) is 6.31. The molecule has 0 spiro atoms. The summed E-state index contributed by atoms with van der Waals surface area (Å²) in [5.41, 5.74) is 2.62. The van der Waals surface area contributed by atoms with E-state index < -0.39 is 0 Å². The van der Waals surface area contributed by atoms with E-state index in [0.29, 0.717) is 30.4 Å². The Morgan fingerprint density at radius 1 is 1.15 bits per heavy atom. The van der Waals surface area contributed by atoms with Crippen LogP contribution in [0.3, 0.4) is 0 Å². The summed E-state index contributed by atoms with van der Waals surface area (Å²) in [6, 6.07) is 8.27. The number of nitrogens with zero attached hydrogens (tertiary/aromatic N) is 7. The van der Waals surface area contributed by atoms with Gasteiger partial charge in [-0.25, -0.2) is 9.50 Å². The Balaban J connectivity index is 1.33. The average molecular weight is 559 g/mol. The molecule has 2 aliphatic rings. The molecule has 0 bridgehead atoms. The van der Waals surface area contributed by atoms with Crippen LogP contribution in [0, 0.1) is 22.7 Å². The zero-order chi connectivity index (χ0) is 29.0. The number of likely N-dealkylation sites (N-methyl/N-ethyl adjacent to an activating group) is 1. The van der Waals surface area contributed by atoms with Gasteiger partial charge in [0.05, 0.1) is 35.5 Å². The Labute approximate surface area is 242 Å². The van der Waals surface area contributed by atoms with Crippen molar-refractivity contribution in [3.63, 3.8) is 0 Å². The highest BCUT2D eigenvalue weighted by molar-refractivity contribution is 5.85. The number of hydrogen-bond acceptors (Lipinski definition) is 8. The number of pyridine rings is 2. The second-order valence-electron chi connectivity index (χ2n) is 11.8. The minimum Gasteiger partial charge on any atom is -0.492 e. The minimum atomic E-state index is -0.387. The lowest BCUT2D eigenvalue weighted by Crippen LogP contribution is -2.57. The van der Waals surface area contributed by atoms with Gasteiger partial charge in [-0.1, -0.05) is 13.8 Å². The van der Waals surface area contributed by atoms with Crippen molar-refractivity contribution in [1.29, 1.82) is 5.26 Å². The van der Waals surface area contributed by atoms with Gasteiger partial charge in [-0.15, -0.1) is 0 Å². The molecule has 3 aromatic heterocycles. The number of carbonyl (C=O) groups excluding carboxylic acids is 1. The first kappa shape index (κ1) is 28.8. The third-order valence-electron chi connectivity index (χ3n) is 8.40. The summed E-state index contributed by atoms with van der Waals surface area (Å²) < 4.78 is 7.45. The summed E-state index contributed by atoms with van der Waals surface area (Å²) in [5.74, 6) is 2.20. The van der Waals surface area contributed by atoms with Crippen LogP contribution in [-0.4, -0.2) is 96.3 Å². The molecule has 5 rings (SSSR count). The van der Waals surface area contributed by atoms with Crippen LogP contribution in [0.4, 0.5) is 5.82 Å². The van der Waals surface area contributed by atoms with Gasteiger partial charge >= 0.3 is 0 Å². The van der Waals surface area contributed by atoms with Crippen molar-refractivity contribution in [2.24, 2.45) is 11.3 Å². The van der Waals surface area contributed by atoms with Crippen LogP contribution < -0.4 is 15.0 Å². The number of aromatic nitrogens is 3. The van der Waals surface area contributed by atoms with Gasteiger partial charge in [-0.05, 0) is 50.9 Å². The van der Waals surface area contributed by atoms with E-state index in [1.807, 2.05) is 31.3 Å². The summed E-state index contributed by atoms with van der Waals surface area (Å²) in [6.07, 6.45) is 6.83. The molecule has 41 heavy (non-hydrogen) atoms. The SMILES string of the molecule is CCOc1cc(-c2ccc(N3CCC(CN4CCN(C)CC4)(C(=O)NCC(C)C)CC3)nc2)c2c(C#N)cnn2c1. The first-order valence-corrected chi connectivity index (χ1v) is 14.8. The van der Waals surface area contributed by atoms with E-state index >= 15 is 0 Å². The third-order valence-corrected chi connectivity index (χ3v) is 8.40. The fourth-order valence-electron chi connectivity index (χ4n) is 5.92. The molecule has 0 radical (unpaired) electrons. The molecular weight excluding hydrogens is 516 g/mol. The lowest BCUT2D eigenvalue weighted by molar-refractivity contribution is -0.134. The predicted molar refractivity (Wildman–Crippen MR) is 160 cm³/mol. The van der Waals surface area contributed by atoms with Gasteiger partial charge in [0.25, 0.3) is 0 Å². The zero-order valence-electron chi connectivity index (χ0n) is 24.8. The van der Waals surface area contributed by atoms with Crippen LogP contribution in [0.15, 0.2) is 36.8 Å². The summed E-state index contributed by atoms with van der Waals surface area (Å²) in [5, 5.41) is 17.3. The number of fused-ring (bicyclic) bond motifs is 1. The summed E-state index contributed by atoms with van der Waals surface area (Å²) >= 11 is 0. The normalized spacial score (nSPS) is 18.0. The summed E-state index contributed by atoms with van der Waals surface area (Å²) in [4.78, 5) is 25.5. The number of amides is 1. The van der Waals surface area contributed by atoms with Crippen molar-refractivity contribution in [3.05, 3.63) is 42.4 Å². The Morgan fingerprint density at radius 3 is 2.54 bits per heavy atom. The molecule has 0 unspecified atom stereocenters. The van der Waals surface area contributed by atoms with E-state index in [0.717, 1.165) is 81.1 Å². The van der Waals surface area contributed by atoms with Gasteiger partial charge in [0, 0.05) is 69.7 Å². The molecule has 0 saturated carbocycles. The fraction of sp³-hybridized carbons (Fsp3) is 0.548. The van der Waals surface area contributed by atoms with Crippen LogP contribution >= 0.6 is 0 Å². The lowest BCUT2D eigenvalue weighted by Gasteiger charge is -2.45. The number of ether oxygens (including phenoxy) is 1. The molecule has 10 nitrogen and oxygen atoms in total. The lowest BCUT2D eigenvalue weighted by atomic mass is 9.76. The van der Waals surface area contributed by atoms with Gasteiger partial charge in [0.1, 0.15) is 17.6 Å². The molecule has 2 saturated heterocycles. The van der Waals surface area contributed by atoms with E-state index in [1.165, 1.54) is 0 Å². The molecule has 3 aromatic rings. The van der Waals surface area contributed by atoms with Crippen molar-refractivity contribution >= 4 is 17.2 Å². The largest absolute Gasteiger partial charge is 0.492 e. The van der Waals surface area contributed by atoms with Crippen LogP contribution in [0.25, 0.3) is 16.6 Å². The first-order chi connectivity index (χ1) is 19.8. The second kappa shape index (κ2) is 12.5. The van der Waals surface area contributed by atoms with Gasteiger partial charge < -0.3 is 19.9 Å². The van der Waals surface area contributed by atoms with Crippen LogP contribution in [0.1, 0.15) is 39.2 Å². The fourth-order valence-corrected chi connectivity index (χ4v) is 5.92. The maximum atomic E-state index is 13.6. The molecular formula is C31H42N8O2. The maximum absolute atomic E-state index is 13.6. The number of rotatable bonds is 9. The van der Waals surface area contributed by atoms with Crippen molar-refractivity contribution in [2.75, 3.05) is 70.9 Å². The van der Waals surface area contributed by atoms with E-state index in [1.54, 1.807) is 16.9 Å². The Hall–Kier alpha value is -3.68. The molecule has 0 atom stereocenters. The molecule has 1 amide bonds. The van der Waals surface area contributed by atoms with E-state index in [4.69, 9.17) is 9.72 Å². The van der Waals surface area contributed by atoms with Gasteiger partial charge in [0.15, 0.2) is 0 Å². The molecule has 0 aromatic carbocycles. The smallest absolute Gasteiger partial charge is 0.227 e. The topological polar surface area (TPSA) is 102 Å². The number of nitriles is 1. The summed E-state index contributed by atoms with van der Waals surface area (Å²) in [6.45, 7) is 13.9. The van der Waals surface area contributed by atoms with Gasteiger partial charge in [0.2, 0.25) is 5.91 Å². The predicted octanol–water partition coefficient (Wildman–Crippen LogP) is 3.27. The van der Waals surface area contributed by atoms with E-state index in [9.17, 15) is 10.1 Å². The highest BCUT2D eigenvalue weighted by atomic mass is 16.5. The molecule has 218 valence electrons. The Morgan fingerprint density at radius 2 is 1.90 bits per heavy atom.